The van der Waals surface area contributed by atoms with Crippen LogP contribution in [0.5, 0.6) is 0 Å². The predicted octanol–water partition coefficient (Wildman–Crippen LogP) is 2.34. The van der Waals surface area contributed by atoms with Crippen molar-refractivity contribution in [3.8, 4) is 0 Å². The molecule has 0 saturated carbocycles. The number of nitrogens with zero attached hydrogens (tertiary/aromatic N) is 1. The summed E-state index contributed by atoms with van der Waals surface area (Å²) in [5.41, 5.74) is 8.52. The summed E-state index contributed by atoms with van der Waals surface area (Å²) in [6.07, 6.45) is 1.94. The quantitative estimate of drug-likeness (QED) is 0.775. The van der Waals surface area contributed by atoms with E-state index in [1.165, 1.54) is 11.1 Å². The van der Waals surface area contributed by atoms with E-state index in [0.29, 0.717) is 6.54 Å². The molecular weight excluding hydrogens is 274 g/mol. The van der Waals surface area contributed by atoms with Crippen molar-refractivity contribution in [2.45, 2.75) is 45.7 Å². The number of carbonyl (C=O) groups is 1. The SMILES string of the molecule is CCc1ccc(C(CNC(=O)C(N)C(C)CC)N(C)C)cc1. The molecule has 22 heavy (non-hydrogen) atoms. The highest BCUT2D eigenvalue weighted by atomic mass is 16.2. The van der Waals surface area contributed by atoms with Gasteiger partial charge in [0.1, 0.15) is 0 Å². The number of nitrogens with two attached hydrogens (primary N) is 1. The zero-order chi connectivity index (χ0) is 16.7. The third-order valence-electron chi connectivity index (χ3n) is 4.43. The Hall–Kier alpha value is -1.39. The first-order valence-electron chi connectivity index (χ1n) is 8.19. The molecule has 1 amide bonds. The number of hydrogen-bond acceptors (Lipinski definition) is 3. The van der Waals surface area contributed by atoms with Crippen molar-refractivity contribution in [1.82, 2.24) is 10.2 Å². The molecule has 3 atom stereocenters. The smallest absolute Gasteiger partial charge is 0.237 e. The molecule has 0 saturated heterocycles. The Balaban J connectivity index is 2.70. The number of hydrogen-bond donors (Lipinski definition) is 2. The highest BCUT2D eigenvalue weighted by molar-refractivity contribution is 5.81. The standard InChI is InChI=1S/C18H31N3O/c1-6-13(3)17(19)18(22)20-12-16(21(4)5)15-10-8-14(7-2)9-11-15/h8-11,13,16-17H,6-7,12,19H2,1-5H3,(H,20,22). The fourth-order valence-electron chi connectivity index (χ4n) is 2.40. The van der Waals surface area contributed by atoms with Crippen LogP contribution in [0.25, 0.3) is 0 Å². The van der Waals surface area contributed by atoms with Crippen LogP contribution < -0.4 is 11.1 Å². The summed E-state index contributed by atoms with van der Waals surface area (Å²) in [5.74, 6) is 0.132. The molecule has 1 rings (SSSR count). The van der Waals surface area contributed by atoms with Crippen LogP contribution in [0.1, 0.15) is 44.4 Å². The Kier molecular flexibility index (Phi) is 7.56. The minimum atomic E-state index is -0.435. The van der Waals surface area contributed by atoms with Gasteiger partial charge < -0.3 is 16.0 Å². The van der Waals surface area contributed by atoms with Gasteiger partial charge in [0.2, 0.25) is 5.91 Å². The van der Waals surface area contributed by atoms with Gasteiger partial charge in [0.15, 0.2) is 0 Å². The number of carbonyl (C=O) groups excluding carboxylic acids is 1. The van der Waals surface area contributed by atoms with Crippen molar-refractivity contribution >= 4 is 5.91 Å². The lowest BCUT2D eigenvalue weighted by Gasteiger charge is -2.26. The van der Waals surface area contributed by atoms with Gasteiger partial charge in [0.25, 0.3) is 0 Å². The molecule has 0 spiro atoms. The number of likely N-dealkylation sites (N-methyl/N-ethyl adjacent to an activating group) is 1. The molecule has 0 radical (unpaired) electrons. The van der Waals surface area contributed by atoms with Crippen molar-refractivity contribution < 1.29 is 4.79 Å². The summed E-state index contributed by atoms with van der Waals surface area (Å²) in [4.78, 5) is 14.3. The van der Waals surface area contributed by atoms with Crippen molar-refractivity contribution in [3.63, 3.8) is 0 Å². The van der Waals surface area contributed by atoms with Gasteiger partial charge in [0, 0.05) is 6.54 Å². The molecule has 4 heteroatoms. The lowest BCUT2D eigenvalue weighted by atomic mass is 9.99. The van der Waals surface area contributed by atoms with Crippen LogP contribution in [0, 0.1) is 5.92 Å². The molecular formula is C18H31N3O. The van der Waals surface area contributed by atoms with Gasteiger partial charge in [-0.2, -0.15) is 0 Å². The minimum Gasteiger partial charge on any atom is -0.353 e. The molecule has 1 aromatic rings. The van der Waals surface area contributed by atoms with Crippen LogP contribution >= 0.6 is 0 Å². The lowest BCUT2D eigenvalue weighted by molar-refractivity contribution is -0.123. The van der Waals surface area contributed by atoms with E-state index in [9.17, 15) is 4.79 Å². The Morgan fingerprint density at radius 2 is 1.82 bits per heavy atom. The molecule has 0 bridgehead atoms. The Morgan fingerprint density at radius 1 is 1.23 bits per heavy atom. The van der Waals surface area contributed by atoms with Gasteiger partial charge in [-0.3, -0.25) is 4.79 Å². The van der Waals surface area contributed by atoms with Gasteiger partial charge in [0.05, 0.1) is 12.1 Å². The maximum Gasteiger partial charge on any atom is 0.237 e. The monoisotopic (exact) mass is 305 g/mol. The van der Waals surface area contributed by atoms with Gasteiger partial charge in [-0.05, 0) is 37.6 Å². The molecule has 0 aliphatic rings. The fraction of sp³-hybridized carbons (Fsp3) is 0.611. The van der Waals surface area contributed by atoms with E-state index in [-0.39, 0.29) is 17.9 Å². The van der Waals surface area contributed by atoms with E-state index >= 15 is 0 Å². The first kappa shape index (κ1) is 18.7. The number of benzene rings is 1. The van der Waals surface area contributed by atoms with E-state index < -0.39 is 6.04 Å². The van der Waals surface area contributed by atoms with Gasteiger partial charge >= 0.3 is 0 Å². The largest absolute Gasteiger partial charge is 0.353 e. The van der Waals surface area contributed by atoms with E-state index in [1.54, 1.807) is 0 Å². The number of aryl methyl sites for hydroxylation is 1. The summed E-state index contributed by atoms with van der Waals surface area (Å²) in [6, 6.07) is 8.31. The molecule has 1 aromatic carbocycles. The minimum absolute atomic E-state index is 0.0635. The second-order valence-corrected chi connectivity index (χ2v) is 6.23. The third kappa shape index (κ3) is 5.11. The van der Waals surface area contributed by atoms with E-state index in [0.717, 1.165) is 12.8 Å². The summed E-state index contributed by atoms with van der Waals surface area (Å²) < 4.78 is 0. The molecule has 0 aliphatic heterocycles. The normalized spacial score (nSPS) is 15.4. The molecule has 0 heterocycles. The molecule has 124 valence electrons. The first-order valence-corrected chi connectivity index (χ1v) is 8.19. The average Bonchev–Trinajstić information content (AvgIpc) is 2.53. The van der Waals surface area contributed by atoms with Crippen LogP contribution in [-0.4, -0.2) is 37.5 Å². The average molecular weight is 305 g/mol. The number of nitrogens with one attached hydrogen (secondary N) is 1. The van der Waals surface area contributed by atoms with Crippen LogP contribution in [0.4, 0.5) is 0 Å². The van der Waals surface area contributed by atoms with Crippen LogP contribution in [0.2, 0.25) is 0 Å². The van der Waals surface area contributed by atoms with Crippen molar-refractivity contribution in [3.05, 3.63) is 35.4 Å². The summed E-state index contributed by atoms with van der Waals surface area (Å²) in [7, 11) is 4.05. The number of rotatable bonds is 8. The van der Waals surface area contributed by atoms with Crippen molar-refractivity contribution in [2.24, 2.45) is 11.7 Å². The lowest BCUT2D eigenvalue weighted by Crippen LogP contribution is -2.46. The Labute approximate surface area is 135 Å². The Morgan fingerprint density at radius 3 is 2.27 bits per heavy atom. The maximum atomic E-state index is 12.1. The topological polar surface area (TPSA) is 58.4 Å². The number of amides is 1. The second-order valence-electron chi connectivity index (χ2n) is 6.23. The fourth-order valence-corrected chi connectivity index (χ4v) is 2.40. The molecule has 3 N–H and O–H groups in total. The highest BCUT2D eigenvalue weighted by Gasteiger charge is 2.21. The molecule has 3 unspecified atom stereocenters. The second kappa shape index (κ2) is 8.91. The van der Waals surface area contributed by atoms with Crippen molar-refractivity contribution in [1.29, 1.82) is 0 Å². The van der Waals surface area contributed by atoms with E-state index in [2.05, 4.69) is 48.3 Å². The van der Waals surface area contributed by atoms with Crippen LogP contribution in [0.15, 0.2) is 24.3 Å². The highest BCUT2D eigenvalue weighted by Crippen LogP contribution is 2.18. The van der Waals surface area contributed by atoms with Crippen LogP contribution in [-0.2, 0) is 11.2 Å². The van der Waals surface area contributed by atoms with Gasteiger partial charge in [-0.25, -0.2) is 0 Å². The molecule has 0 aliphatic carbocycles. The van der Waals surface area contributed by atoms with Crippen LogP contribution in [0.3, 0.4) is 0 Å². The summed E-state index contributed by atoms with van der Waals surface area (Å²) in [6.45, 7) is 6.78. The zero-order valence-corrected chi connectivity index (χ0v) is 14.6. The van der Waals surface area contributed by atoms with E-state index in [1.807, 2.05) is 21.0 Å². The Bertz CT molecular complexity index is 456. The molecule has 4 nitrogen and oxygen atoms in total. The zero-order valence-electron chi connectivity index (χ0n) is 14.6. The first-order chi connectivity index (χ1) is 10.4. The maximum absolute atomic E-state index is 12.1. The molecule has 0 fully saturated rings. The van der Waals surface area contributed by atoms with Gasteiger partial charge in [-0.15, -0.1) is 0 Å². The summed E-state index contributed by atoms with van der Waals surface area (Å²) >= 11 is 0. The predicted molar refractivity (Wildman–Crippen MR) is 92.7 cm³/mol. The van der Waals surface area contributed by atoms with Crippen molar-refractivity contribution in [2.75, 3.05) is 20.6 Å². The summed E-state index contributed by atoms with van der Waals surface area (Å²) in [5, 5.41) is 3.00. The van der Waals surface area contributed by atoms with Gasteiger partial charge in [-0.1, -0.05) is 51.5 Å². The third-order valence-corrected chi connectivity index (χ3v) is 4.43. The van der Waals surface area contributed by atoms with E-state index in [4.69, 9.17) is 5.73 Å². The molecule has 0 aromatic heterocycles.